The molecule has 0 saturated heterocycles. The van der Waals surface area contributed by atoms with Crippen molar-refractivity contribution in [1.29, 1.82) is 0 Å². The molecule has 4 nitrogen and oxygen atoms in total. The van der Waals surface area contributed by atoms with Gasteiger partial charge in [-0.2, -0.15) is 5.10 Å². The maximum absolute atomic E-state index is 12.3. The van der Waals surface area contributed by atoms with E-state index in [1.54, 1.807) is 0 Å². The normalized spacial score (nSPS) is 17.1. The molecule has 1 atom stereocenters. The Labute approximate surface area is 143 Å². The fourth-order valence-electron chi connectivity index (χ4n) is 2.86. The summed E-state index contributed by atoms with van der Waals surface area (Å²) in [6.07, 6.45) is 1.42. The average Bonchev–Trinajstić information content (AvgIpc) is 2.90. The summed E-state index contributed by atoms with van der Waals surface area (Å²) in [5.74, 6) is 1.14. The van der Waals surface area contributed by atoms with Gasteiger partial charge in [-0.1, -0.05) is 60.7 Å². The van der Waals surface area contributed by atoms with Crippen LogP contribution in [0, 0.1) is 0 Å². The first-order valence-electron chi connectivity index (χ1n) is 8.34. The zero-order valence-corrected chi connectivity index (χ0v) is 14.2. The first-order chi connectivity index (χ1) is 11.6. The number of hydrogen-bond acceptors (Lipinski definition) is 4. The van der Waals surface area contributed by atoms with Crippen LogP contribution in [0.2, 0.25) is 0 Å². The van der Waals surface area contributed by atoms with Gasteiger partial charge in [0.25, 0.3) is 0 Å². The number of Topliss-reactive ketones (excluding diaryl/α,β-unsaturated/α-hetero) is 1. The highest BCUT2D eigenvalue weighted by Gasteiger charge is 2.29. The van der Waals surface area contributed by atoms with Gasteiger partial charge >= 0.3 is 0 Å². The molecule has 0 aromatic heterocycles. The summed E-state index contributed by atoms with van der Waals surface area (Å²) in [4.78, 5) is 14.4. The molecule has 0 N–H and O–H groups in total. The molecule has 1 aliphatic heterocycles. The van der Waals surface area contributed by atoms with Gasteiger partial charge in [-0.15, -0.1) is 0 Å². The molecule has 1 unspecified atom stereocenters. The Balaban J connectivity index is 1.62. The SMILES string of the molecule is CC1N(CC(=O)CCc2ccccc2)N=C(c2ccccc2)N1C. The Morgan fingerprint density at radius 3 is 2.33 bits per heavy atom. The molecule has 4 heteroatoms. The highest BCUT2D eigenvalue weighted by Crippen LogP contribution is 2.19. The van der Waals surface area contributed by atoms with Crippen LogP contribution in [-0.4, -0.2) is 41.3 Å². The van der Waals surface area contributed by atoms with Crippen molar-refractivity contribution in [3.63, 3.8) is 0 Å². The second-order valence-corrected chi connectivity index (χ2v) is 6.15. The Kier molecular flexibility index (Phi) is 4.94. The highest BCUT2D eigenvalue weighted by atomic mass is 16.1. The molecule has 0 spiro atoms. The van der Waals surface area contributed by atoms with Crippen molar-refractivity contribution in [1.82, 2.24) is 9.91 Å². The molecule has 0 fully saturated rings. The molecule has 0 amide bonds. The zero-order chi connectivity index (χ0) is 16.9. The lowest BCUT2D eigenvalue weighted by Crippen LogP contribution is -2.39. The lowest BCUT2D eigenvalue weighted by Gasteiger charge is -2.25. The van der Waals surface area contributed by atoms with E-state index in [2.05, 4.69) is 29.1 Å². The number of aryl methyl sites for hydroxylation is 1. The summed E-state index contributed by atoms with van der Waals surface area (Å²) in [5, 5.41) is 6.55. The summed E-state index contributed by atoms with van der Waals surface area (Å²) in [5.41, 5.74) is 2.27. The molecular weight excluding hydrogens is 298 g/mol. The first kappa shape index (κ1) is 16.2. The number of rotatable bonds is 6. The maximum atomic E-state index is 12.3. The zero-order valence-electron chi connectivity index (χ0n) is 14.2. The van der Waals surface area contributed by atoms with Crippen LogP contribution in [-0.2, 0) is 11.2 Å². The topological polar surface area (TPSA) is 35.9 Å². The van der Waals surface area contributed by atoms with E-state index in [4.69, 9.17) is 0 Å². The highest BCUT2D eigenvalue weighted by molar-refractivity contribution is 5.99. The Morgan fingerprint density at radius 2 is 1.67 bits per heavy atom. The molecule has 2 aromatic rings. The van der Waals surface area contributed by atoms with E-state index in [1.807, 2.05) is 60.6 Å². The second kappa shape index (κ2) is 7.30. The molecule has 0 saturated carbocycles. The van der Waals surface area contributed by atoms with Crippen molar-refractivity contribution < 1.29 is 4.79 Å². The van der Waals surface area contributed by atoms with Crippen LogP contribution >= 0.6 is 0 Å². The third-order valence-electron chi connectivity index (χ3n) is 4.45. The molecule has 1 aliphatic rings. The standard InChI is InChI=1S/C20H23N3O/c1-16-22(2)20(18-11-7-4-8-12-18)21-23(16)15-19(24)14-13-17-9-5-3-6-10-17/h3-12,16H,13-15H2,1-2H3. The Hall–Kier alpha value is -2.62. The van der Waals surface area contributed by atoms with E-state index in [0.717, 1.165) is 17.8 Å². The summed E-state index contributed by atoms with van der Waals surface area (Å²) < 4.78 is 0. The van der Waals surface area contributed by atoms with Gasteiger partial charge in [-0.05, 0) is 18.9 Å². The molecule has 0 aliphatic carbocycles. The van der Waals surface area contributed by atoms with E-state index in [0.29, 0.717) is 13.0 Å². The first-order valence-corrected chi connectivity index (χ1v) is 8.34. The van der Waals surface area contributed by atoms with Gasteiger partial charge < -0.3 is 4.90 Å². The van der Waals surface area contributed by atoms with Gasteiger partial charge in [0.2, 0.25) is 0 Å². The third kappa shape index (κ3) is 3.65. The number of hydrazone groups is 1. The van der Waals surface area contributed by atoms with E-state index in [1.165, 1.54) is 5.56 Å². The van der Waals surface area contributed by atoms with Crippen LogP contribution in [0.25, 0.3) is 0 Å². The van der Waals surface area contributed by atoms with E-state index in [9.17, 15) is 4.79 Å². The fraction of sp³-hybridized carbons (Fsp3) is 0.300. The van der Waals surface area contributed by atoms with Crippen LogP contribution in [0.4, 0.5) is 0 Å². The number of ketones is 1. The van der Waals surface area contributed by atoms with Crippen molar-refractivity contribution in [2.75, 3.05) is 13.6 Å². The number of carbonyl (C=O) groups excluding carboxylic acids is 1. The molecule has 3 rings (SSSR count). The number of amidine groups is 1. The van der Waals surface area contributed by atoms with E-state index < -0.39 is 0 Å². The van der Waals surface area contributed by atoms with Crippen molar-refractivity contribution >= 4 is 11.6 Å². The minimum atomic E-state index is 0.0841. The van der Waals surface area contributed by atoms with Crippen molar-refractivity contribution in [3.8, 4) is 0 Å². The predicted octanol–water partition coefficient (Wildman–Crippen LogP) is 3.14. The van der Waals surface area contributed by atoms with Crippen molar-refractivity contribution in [2.45, 2.75) is 25.9 Å². The lowest BCUT2D eigenvalue weighted by atomic mass is 10.1. The summed E-state index contributed by atoms with van der Waals surface area (Å²) in [6.45, 7) is 2.43. The fourth-order valence-corrected chi connectivity index (χ4v) is 2.86. The molecule has 1 heterocycles. The van der Waals surface area contributed by atoms with Gasteiger partial charge in [-0.3, -0.25) is 9.80 Å². The van der Waals surface area contributed by atoms with Crippen LogP contribution in [0.5, 0.6) is 0 Å². The van der Waals surface area contributed by atoms with Crippen LogP contribution in [0.15, 0.2) is 65.8 Å². The van der Waals surface area contributed by atoms with Gasteiger partial charge in [0.15, 0.2) is 11.6 Å². The number of hydrogen-bond donors (Lipinski definition) is 0. The van der Waals surface area contributed by atoms with Gasteiger partial charge in [-0.25, -0.2) is 0 Å². The molecule has 0 radical (unpaired) electrons. The van der Waals surface area contributed by atoms with Crippen molar-refractivity contribution in [2.24, 2.45) is 5.10 Å². The molecule has 24 heavy (non-hydrogen) atoms. The molecule has 0 bridgehead atoms. The Bertz CT molecular complexity index is 712. The number of benzene rings is 2. The van der Waals surface area contributed by atoms with Gasteiger partial charge in [0, 0.05) is 19.0 Å². The summed E-state index contributed by atoms with van der Waals surface area (Å²) in [7, 11) is 2.02. The minimum Gasteiger partial charge on any atom is -0.336 e. The number of carbonyl (C=O) groups is 1. The largest absolute Gasteiger partial charge is 0.336 e. The second-order valence-electron chi connectivity index (χ2n) is 6.15. The smallest absolute Gasteiger partial charge is 0.157 e. The minimum absolute atomic E-state index is 0.0841. The number of nitrogens with zero attached hydrogens (tertiary/aromatic N) is 3. The van der Waals surface area contributed by atoms with Crippen molar-refractivity contribution in [3.05, 3.63) is 71.8 Å². The Morgan fingerprint density at radius 1 is 1.04 bits per heavy atom. The van der Waals surface area contributed by atoms with Gasteiger partial charge in [0.1, 0.15) is 6.17 Å². The molecule has 124 valence electrons. The van der Waals surface area contributed by atoms with Gasteiger partial charge in [0.05, 0.1) is 6.54 Å². The van der Waals surface area contributed by atoms with E-state index in [-0.39, 0.29) is 11.9 Å². The monoisotopic (exact) mass is 321 g/mol. The third-order valence-corrected chi connectivity index (χ3v) is 4.45. The average molecular weight is 321 g/mol. The van der Waals surface area contributed by atoms with E-state index >= 15 is 0 Å². The van der Waals surface area contributed by atoms with Crippen LogP contribution in [0.1, 0.15) is 24.5 Å². The lowest BCUT2D eigenvalue weighted by molar-refractivity contribution is -0.120. The predicted molar refractivity (Wildman–Crippen MR) is 96.7 cm³/mol. The maximum Gasteiger partial charge on any atom is 0.157 e. The summed E-state index contributed by atoms with van der Waals surface area (Å²) >= 11 is 0. The van der Waals surface area contributed by atoms with Crippen LogP contribution in [0.3, 0.4) is 0 Å². The summed E-state index contributed by atoms with van der Waals surface area (Å²) in [6, 6.07) is 20.2. The quantitative estimate of drug-likeness (QED) is 0.820. The molecule has 2 aromatic carbocycles. The van der Waals surface area contributed by atoms with Crippen LogP contribution < -0.4 is 0 Å². The molecular formula is C20H23N3O.